The summed E-state index contributed by atoms with van der Waals surface area (Å²) >= 11 is 5.93. The Kier molecular flexibility index (Phi) is 5.12. The maximum atomic E-state index is 12.2. The zero-order valence-electron chi connectivity index (χ0n) is 14.9. The molecule has 1 aromatic carbocycles. The van der Waals surface area contributed by atoms with Gasteiger partial charge in [0.2, 0.25) is 5.89 Å². The van der Waals surface area contributed by atoms with Crippen molar-refractivity contribution < 1.29 is 22.3 Å². The van der Waals surface area contributed by atoms with Crippen molar-refractivity contribution in [3.63, 3.8) is 0 Å². The maximum Gasteiger partial charge on any atom is 0.422 e. The molecule has 3 heterocycles. The normalized spacial score (nSPS) is 11.7. The Morgan fingerprint density at radius 1 is 1.13 bits per heavy atom. The molecular weight excluding hydrogens is 427 g/mol. The summed E-state index contributed by atoms with van der Waals surface area (Å²) in [6.07, 6.45) is -2.00. The number of aromatic nitrogens is 5. The van der Waals surface area contributed by atoms with Gasteiger partial charge in [0, 0.05) is 29.0 Å². The Morgan fingerprint density at radius 3 is 2.63 bits per heavy atom. The molecule has 3 aromatic heterocycles. The molecule has 4 aromatic rings. The molecule has 4 rings (SSSR count). The number of oxazole rings is 1. The summed E-state index contributed by atoms with van der Waals surface area (Å²) in [5.74, 6) is 0.256. The zero-order chi connectivity index (χ0) is 21.3. The fraction of sp³-hybridized carbons (Fsp3) is 0.167. The molecule has 0 aliphatic rings. The average molecular weight is 438 g/mol. The van der Waals surface area contributed by atoms with E-state index in [1.165, 1.54) is 24.5 Å². The van der Waals surface area contributed by atoms with Gasteiger partial charge < -0.3 is 9.15 Å². The van der Waals surface area contributed by atoms with E-state index in [4.69, 9.17) is 16.0 Å². The third-order valence-corrected chi connectivity index (χ3v) is 4.07. The van der Waals surface area contributed by atoms with Crippen molar-refractivity contribution in [2.45, 2.75) is 12.7 Å². The topological polar surface area (TPSA) is 95.9 Å². The first kappa shape index (κ1) is 19.8. The molecule has 0 amide bonds. The highest BCUT2D eigenvalue weighted by Crippen LogP contribution is 2.21. The zero-order valence-corrected chi connectivity index (χ0v) is 15.7. The van der Waals surface area contributed by atoms with Gasteiger partial charge in [-0.05, 0) is 24.3 Å². The summed E-state index contributed by atoms with van der Waals surface area (Å²) in [5.41, 5.74) is 1.37. The van der Waals surface area contributed by atoms with Gasteiger partial charge in [0.15, 0.2) is 12.2 Å². The number of hydrogen-bond acceptors (Lipinski definition) is 7. The summed E-state index contributed by atoms with van der Waals surface area (Å²) < 4.78 is 47.8. The second-order valence-corrected chi connectivity index (χ2v) is 6.53. The van der Waals surface area contributed by atoms with Crippen molar-refractivity contribution in [3.05, 3.63) is 64.0 Å². The number of alkyl halides is 3. The highest BCUT2D eigenvalue weighted by atomic mass is 35.5. The summed E-state index contributed by atoms with van der Waals surface area (Å²) in [6, 6.07) is 7.27. The maximum absolute atomic E-state index is 12.2. The molecule has 8 nitrogen and oxygen atoms in total. The predicted octanol–water partition coefficient (Wildman–Crippen LogP) is 3.48. The summed E-state index contributed by atoms with van der Waals surface area (Å²) in [6.45, 7) is -1.53. The second kappa shape index (κ2) is 7.75. The van der Waals surface area contributed by atoms with Crippen LogP contribution in [0.25, 0.3) is 22.4 Å². The van der Waals surface area contributed by atoms with Crippen LogP contribution in [0.1, 0.15) is 5.89 Å². The van der Waals surface area contributed by atoms with Gasteiger partial charge in [-0.1, -0.05) is 11.6 Å². The van der Waals surface area contributed by atoms with E-state index in [0.717, 1.165) is 4.68 Å². The molecule has 0 unspecified atom stereocenters. The van der Waals surface area contributed by atoms with Gasteiger partial charge in [0.1, 0.15) is 12.1 Å². The molecule has 0 aliphatic carbocycles. The molecule has 0 N–H and O–H groups in total. The first-order valence-electron chi connectivity index (χ1n) is 8.42. The molecule has 0 atom stereocenters. The van der Waals surface area contributed by atoms with Crippen LogP contribution >= 0.6 is 11.6 Å². The second-order valence-electron chi connectivity index (χ2n) is 6.09. The number of benzene rings is 1. The van der Waals surface area contributed by atoms with E-state index in [-0.39, 0.29) is 12.4 Å². The van der Waals surface area contributed by atoms with E-state index in [0.29, 0.717) is 27.4 Å². The minimum atomic E-state index is -4.49. The first-order chi connectivity index (χ1) is 14.3. The van der Waals surface area contributed by atoms with Gasteiger partial charge in [-0.25, -0.2) is 19.6 Å². The third-order valence-electron chi connectivity index (χ3n) is 3.83. The lowest BCUT2D eigenvalue weighted by Gasteiger charge is -2.08. The number of rotatable bonds is 5. The smallest absolute Gasteiger partial charge is 0.422 e. The Hall–Kier alpha value is -3.47. The van der Waals surface area contributed by atoms with Gasteiger partial charge in [-0.15, -0.1) is 0 Å². The SMILES string of the molecule is O=c1ccc(-c2cnc(OCC(F)(F)F)nc2)nn1Cc1nc2cc(Cl)ccc2o1. The van der Waals surface area contributed by atoms with E-state index in [1.807, 2.05) is 0 Å². The lowest BCUT2D eigenvalue weighted by atomic mass is 10.2. The Labute approximate surface area is 170 Å². The van der Waals surface area contributed by atoms with Gasteiger partial charge in [0.25, 0.3) is 5.56 Å². The number of nitrogens with zero attached hydrogens (tertiary/aromatic N) is 5. The van der Waals surface area contributed by atoms with Crippen LogP contribution in [0.4, 0.5) is 13.2 Å². The molecule has 0 saturated heterocycles. The molecular formula is C18H11ClF3N5O3. The lowest BCUT2D eigenvalue weighted by Crippen LogP contribution is -2.23. The Morgan fingerprint density at radius 2 is 1.90 bits per heavy atom. The van der Waals surface area contributed by atoms with Gasteiger partial charge in [-0.2, -0.15) is 18.3 Å². The summed E-state index contributed by atoms with van der Waals surface area (Å²) in [4.78, 5) is 23.9. The van der Waals surface area contributed by atoms with Crippen LogP contribution in [0, 0.1) is 0 Å². The molecule has 154 valence electrons. The van der Waals surface area contributed by atoms with Crippen molar-refractivity contribution in [1.82, 2.24) is 24.7 Å². The van der Waals surface area contributed by atoms with Crippen molar-refractivity contribution in [3.8, 4) is 17.3 Å². The van der Waals surface area contributed by atoms with Crippen LogP contribution in [-0.4, -0.2) is 37.5 Å². The molecule has 0 spiro atoms. The monoisotopic (exact) mass is 437 g/mol. The number of hydrogen-bond donors (Lipinski definition) is 0. The quantitative estimate of drug-likeness (QED) is 0.471. The highest BCUT2D eigenvalue weighted by molar-refractivity contribution is 6.31. The number of halogens is 4. The number of fused-ring (bicyclic) bond motifs is 1. The van der Waals surface area contributed by atoms with E-state index in [1.54, 1.807) is 18.2 Å². The van der Waals surface area contributed by atoms with Crippen LogP contribution in [0.3, 0.4) is 0 Å². The minimum Gasteiger partial charge on any atom is -0.454 e. The molecule has 30 heavy (non-hydrogen) atoms. The Balaban J connectivity index is 1.56. The van der Waals surface area contributed by atoms with Gasteiger partial charge in [0.05, 0.1) is 5.69 Å². The highest BCUT2D eigenvalue weighted by Gasteiger charge is 2.28. The van der Waals surface area contributed by atoms with E-state index < -0.39 is 24.4 Å². The molecule has 0 aliphatic heterocycles. The fourth-order valence-corrected chi connectivity index (χ4v) is 2.70. The third kappa shape index (κ3) is 4.57. The average Bonchev–Trinajstić information content (AvgIpc) is 3.09. The van der Waals surface area contributed by atoms with Crippen molar-refractivity contribution >= 4 is 22.7 Å². The minimum absolute atomic E-state index is 0.0351. The molecule has 0 radical (unpaired) electrons. The van der Waals surface area contributed by atoms with Crippen LogP contribution in [0.15, 0.2) is 51.9 Å². The fourth-order valence-electron chi connectivity index (χ4n) is 2.53. The van der Waals surface area contributed by atoms with Gasteiger partial charge >= 0.3 is 12.2 Å². The largest absolute Gasteiger partial charge is 0.454 e. The van der Waals surface area contributed by atoms with Crippen LogP contribution < -0.4 is 10.3 Å². The van der Waals surface area contributed by atoms with Crippen LogP contribution in [0.2, 0.25) is 5.02 Å². The van der Waals surface area contributed by atoms with Crippen LogP contribution in [-0.2, 0) is 6.54 Å². The lowest BCUT2D eigenvalue weighted by molar-refractivity contribution is -0.154. The number of ether oxygens (including phenoxy) is 1. The standard InChI is InChI=1S/C18H11ClF3N5O3/c19-11-1-3-14-13(5-11)25-15(30-14)8-27-16(28)4-2-12(26-27)10-6-23-17(24-7-10)29-9-18(20,21)22/h1-7H,8-9H2. The van der Waals surface area contributed by atoms with E-state index in [2.05, 4.69) is 24.8 Å². The summed E-state index contributed by atoms with van der Waals surface area (Å²) in [5, 5.41) is 4.72. The van der Waals surface area contributed by atoms with E-state index in [9.17, 15) is 18.0 Å². The predicted molar refractivity (Wildman–Crippen MR) is 99.2 cm³/mol. The summed E-state index contributed by atoms with van der Waals surface area (Å²) in [7, 11) is 0. The van der Waals surface area contributed by atoms with Crippen molar-refractivity contribution in [1.29, 1.82) is 0 Å². The molecule has 12 heteroatoms. The van der Waals surface area contributed by atoms with Crippen LogP contribution in [0.5, 0.6) is 6.01 Å². The van der Waals surface area contributed by atoms with Crippen molar-refractivity contribution in [2.75, 3.05) is 6.61 Å². The van der Waals surface area contributed by atoms with Crippen molar-refractivity contribution in [2.24, 2.45) is 0 Å². The Bertz CT molecular complexity index is 1250. The van der Waals surface area contributed by atoms with E-state index >= 15 is 0 Å². The first-order valence-corrected chi connectivity index (χ1v) is 8.80. The molecule has 0 bridgehead atoms. The van der Waals surface area contributed by atoms with Gasteiger partial charge in [-0.3, -0.25) is 4.79 Å². The molecule has 0 saturated carbocycles. The molecule has 0 fully saturated rings.